The second-order valence-corrected chi connectivity index (χ2v) is 6.19. The number of amides is 1. The van der Waals surface area contributed by atoms with Gasteiger partial charge in [-0.05, 0) is 19.1 Å². The van der Waals surface area contributed by atoms with Crippen LogP contribution in [-0.4, -0.2) is 60.0 Å². The molecular formula is C18H21N5O2. The van der Waals surface area contributed by atoms with Gasteiger partial charge in [0, 0.05) is 38.1 Å². The van der Waals surface area contributed by atoms with Gasteiger partial charge in [-0.25, -0.2) is 9.97 Å². The van der Waals surface area contributed by atoms with E-state index < -0.39 is 0 Å². The quantitative estimate of drug-likeness (QED) is 0.779. The number of nitrogens with one attached hydrogen (secondary N) is 1. The lowest BCUT2D eigenvalue weighted by Crippen LogP contribution is -2.49. The highest BCUT2D eigenvalue weighted by atomic mass is 16.3. The molecule has 4 rings (SSSR count). The van der Waals surface area contributed by atoms with Crippen molar-refractivity contribution in [2.45, 2.75) is 6.92 Å². The molecule has 1 aromatic carbocycles. The van der Waals surface area contributed by atoms with Gasteiger partial charge in [0.05, 0.1) is 6.54 Å². The van der Waals surface area contributed by atoms with Crippen LogP contribution in [0.2, 0.25) is 0 Å². The van der Waals surface area contributed by atoms with E-state index in [1.165, 1.54) is 0 Å². The minimum Gasteiger partial charge on any atom is -0.450 e. The third-order valence-corrected chi connectivity index (χ3v) is 4.55. The summed E-state index contributed by atoms with van der Waals surface area (Å²) in [5, 5.41) is 3.86. The van der Waals surface area contributed by atoms with Crippen LogP contribution in [0.5, 0.6) is 0 Å². The highest BCUT2D eigenvalue weighted by molar-refractivity contribution is 6.05. The number of piperazine rings is 1. The Morgan fingerprint density at radius 3 is 2.80 bits per heavy atom. The van der Waals surface area contributed by atoms with Crippen LogP contribution in [0.15, 0.2) is 35.0 Å². The van der Waals surface area contributed by atoms with Crippen molar-refractivity contribution in [3.8, 4) is 0 Å². The maximum absolute atomic E-state index is 11.7. The first-order valence-corrected chi connectivity index (χ1v) is 8.62. The van der Waals surface area contributed by atoms with Crippen LogP contribution in [0.4, 0.5) is 5.82 Å². The predicted molar refractivity (Wildman–Crippen MR) is 96.6 cm³/mol. The van der Waals surface area contributed by atoms with Crippen molar-refractivity contribution in [3.05, 3.63) is 30.6 Å². The smallest absolute Gasteiger partial charge is 0.234 e. The van der Waals surface area contributed by atoms with E-state index in [0.717, 1.165) is 54.1 Å². The molecule has 1 N–H and O–H groups in total. The number of anilines is 1. The summed E-state index contributed by atoms with van der Waals surface area (Å²) in [7, 11) is 0. The van der Waals surface area contributed by atoms with Crippen molar-refractivity contribution in [1.82, 2.24) is 20.2 Å². The number of rotatable bonds is 4. The number of aromatic nitrogens is 2. The van der Waals surface area contributed by atoms with Crippen LogP contribution in [-0.2, 0) is 4.79 Å². The molecule has 3 aromatic rings. The van der Waals surface area contributed by atoms with Crippen molar-refractivity contribution >= 4 is 33.8 Å². The lowest BCUT2D eigenvalue weighted by Gasteiger charge is -2.34. The fourth-order valence-corrected chi connectivity index (χ4v) is 3.31. The standard InChI is InChI=1S/C18H21N5O2/c1-2-19-15(24)11-22-7-9-23(10-8-22)18-17-16(20-12-21-18)13-5-3-4-6-14(13)25-17/h3-6,12H,2,7-11H2,1H3,(H,19,24). The summed E-state index contributed by atoms with van der Waals surface area (Å²) >= 11 is 0. The molecule has 7 nitrogen and oxygen atoms in total. The number of hydrogen-bond acceptors (Lipinski definition) is 6. The maximum Gasteiger partial charge on any atom is 0.234 e. The van der Waals surface area contributed by atoms with Crippen LogP contribution in [0.1, 0.15) is 6.92 Å². The van der Waals surface area contributed by atoms with Crippen LogP contribution in [0, 0.1) is 0 Å². The van der Waals surface area contributed by atoms with Crippen molar-refractivity contribution in [2.24, 2.45) is 0 Å². The molecule has 1 fully saturated rings. The molecule has 0 spiro atoms. The topological polar surface area (TPSA) is 74.5 Å². The first kappa shape index (κ1) is 15.8. The summed E-state index contributed by atoms with van der Waals surface area (Å²) in [6.45, 7) is 6.32. The molecule has 1 aliphatic rings. The van der Waals surface area contributed by atoms with Crippen LogP contribution in [0.3, 0.4) is 0 Å². The molecule has 0 radical (unpaired) electrons. The number of nitrogens with zero attached hydrogens (tertiary/aromatic N) is 4. The Bertz CT molecular complexity index is 899. The van der Waals surface area contributed by atoms with Gasteiger partial charge in [0.1, 0.15) is 17.4 Å². The van der Waals surface area contributed by atoms with E-state index in [-0.39, 0.29) is 5.91 Å². The van der Waals surface area contributed by atoms with Gasteiger partial charge in [-0.1, -0.05) is 12.1 Å². The third kappa shape index (κ3) is 3.02. The van der Waals surface area contributed by atoms with Gasteiger partial charge in [-0.2, -0.15) is 0 Å². The highest BCUT2D eigenvalue weighted by Gasteiger charge is 2.23. The number of hydrogen-bond donors (Lipinski definition) is 1. The van der Waals surface area contributed by atoms with Gasteiger partial charge in [-0.15, -0.1) is 0 Å². The van der Waals surface area contributed by atoms with Gasteiger partial charge in [0.2, 0.25) is 5.91 Å². The Kier molecular flexibility index (Phi) is 4.23. The monoisotopic (exact) mass is 339 g/mol. The van der Waals surface area contributed by atoms with E-state index in [1.54, 1.807) is 6.33 Å². The molecule has 0 saturated carbocycles. The van der Waals surface area contributed by atoms with Gasteiger partial charge >= 0.3 is 0 Å². The van der Waals surface area contributed by atoms with E-state index in [2.05, 4.69) is 25.1 Å². The van der Waals surface area contributed by atoms with Gasteiger partial charge < -0.3 is 14.6 Å². The molecular weight excluding hydrogens is 318 g/mol. The average Bonchev–Trinajstić information content (AvgIpc) is 3.01. The summed E-state index contributed by atoms with van der Waals surface area (Å²) in [6.07, 6.45) is 1.60. The molecule has 0 unspecified atom stereocenters. The summed E-state index contributed by atoms with van der Waals surface area (Å²) in [5.41, 5.74) is 2.42. The third-order valence-electron chi connectivity index (χ3n) is 4.55. The zero-order chi connectivity index (χ0) is 17.2. The fraction of sp³-hybridized carbons (Fsp3) is 0.389. The van der Waals surface area contributed by atoms with Crippen LogP contribution >= 0.6 is 0 Å². The Balaban J connectivity index is 1.54. The van der Waals surface area contributed by atoms with Crippen molar-refractivity contribution < 1.29 is 9.21 Å². The predicted octanol–water partition coefficient (Wildman–Crippen LogP) is 1.63. The molecule has 1 saturated heterocycles. The Labute approximate surface area is 145 Å². The molecule has 2 aromatic heterocycles. The second-order valence-electron chi connectivity index (χ2n) is 6.19. The SMILES string of the molecule is CCNC(=O)CN1CCN(c2ncnc3c2oc2ccccc23)CC1. The Hall–Kier alpha value is -2.67. The number of carbonyl (C=O) groups is 1. The lowest BCUT2D eigenvalue weighted by atomic mass is 10.2. The number of para-hydroxylation sites is 1. The number of benzene rings is 1. The number of likely N-dealkylation sites (N-methyl/N-ethyl adjacent to an activating group) is 1. The van der Waals surface area contributed by atoms with E-state index in [4.69, 9.17) is 4.42 Å². The molecule has 130 valence electrons. The molecule has 3 heterocycles. The Morgan fingerprint density at radius 2 is 2.00 bits per heavy atom. The van der Waals surface area contributed by atoms with Crippen LogP contribution in [0.25, 0.3) is 22.1 Å². The fourth-order valence-electron chi connectivity index (χ4n) is 3.31. The highest BCUT2D eigenvalue weighted by Crippen LogP contribution is 2.32. The van der Waals surface area contributed by atoms with Gasteiger partial charge in [0.15, 0.2) is 11.4 Å². The van der Waals surface area contributed by atoms with E-state index in [9.17, 15) is 4.79 Å². The molecule has 7 heteroatoms. The molecule has 0 aliphatic carbocycles. The van der Waals surface area contributed by atoms with E-state index >= 15 is 0 Å². The molecule has 0 atom stereocenters. The zero-order valence-electron chi connectivity index (χ0n) is 14.2. The summed E-state index contributed by atoms with van der Waals surface area (Å²) in [4.78, 5) is 25.0. The molecule has 25 heavy (non-hydrogen) atoms. The van der Waals surface area contributed by atoms with Crippen molar-refractivity contribution in [2.75, 3.05) is 44.2 Å². The van der Waals surface area contributed by atoms with Gasteiger partial charge in [-0.3, -0.25) is 9.69 Å². The van der Waals surface area contributed by atoms with Crippen LogP contribution < -0.4 is 10.2 Å². The van der Waals surface area contributed by atoms with E-state index in [1.807, 2.05) is 31.2 Å². The molecule has 1 amide bonds. The minimum absolute atomic E-state index is 0.0812. The summed E-state index contributed by atoms with van der Waals surface area (Å²) < 4.78 is 6.02. The normalized spacial score (nSPS) is 15.8. The largest absolute Gasteiger partial charge is 0.450 e. The minimum atomic E-state index is 0.0812. The maximum atomic E-state index is 11.7. The number of carbonyl (C=O) groups excluding carboxylic acids is 1. The first-order valence-electron chi connectivity index (χ1n) is 8.62. The summed E-state index contributed by atoms with van der Waals surface area (Å²) in [5.74, 6) is 0.913. The van der Waals surface area contributed by atoms with E-state index in [0.29, 0.717) is 13.1 Å². The van der Waals surface area contributed by atoms with Gasteiger partial charge in [0.25, 0.3) is 0 Å². The number of fused-ring (bicyclic) bond motifs is 3. The zero-order valence-corrected chi connectivity index (χ0v) is 14.2. The number of furan rings is 1. The average molecular weight is 339 g/mol. The van der Waals surface area contributed by atoms with Crippen molar-refractivity contribution in [1.29, 1.82) is 0 Å². The summed E-state index contributed by atoms with van der Waals surface area (Å²) in [6, 6.07) is 7.91. The second kappa shape index (κ2) is 6.68. The lowest BCUT2D eigenvalue weighted by molar-refractivity contribution is -0.122. The molecule has 1 aliphatic heterocycles. The molecule has 0 bridgehead atoms. The van der Waals surface area contributed by atoms with Crippen molar-refractivity contribution in [3.63, 3.8) is 0 Å². The Morgan fingerprint density at radius 1 is 1.20 bits per heavy atom. The first-order chi connectivity index (χ1) is 12.3.